The zero-order valence-corrected chi connectivity index (χ0v) is 15.7. The van der Waals surface area contributed by atoms with E-state index in [0.717, 1.165) is 31.1 Å². The van der Waals surface area contributed by atoms with Crippen LogP contribution in [0.5, 0.6) is 0 Å². The Morgan fingerprint density at radius 3 is 2.76 bits per heavy atom. The molecule has 0 bridgehead atoms. The fraction of sp³-hybridized carbons (Fsp3) is 0.500. The Kier molecular flexibility index (Phi) is 6.87. The van der Waals surface area contributed by atoms with Gasteiger partial charge < -0.3 is 10.6 Å². The molecule has 1 unspecified atom stereocenters. The van der Waals surface area contributed by atoms with Crippen LogP contribution in [-0.2, 0) is 10.0 Å². The Morgan fingerprint density at radius 1 is 1.28 bits per heavy atom. The van der Waals surface area contributed by atoms with E-state index in [1.54, 1.807) is 18.2 Å². The number of sulfonamides is 1. The van der Waals surface area contributed by atoms with Crippen LogP contribution in [-0.4, -0.2) is 27.2 Å². The zero-order chi connectivity index (χ0) is 18.3. The minimum absolute atomic E-state index is 0.217. The summed E-state index contributed by atoms with van der Waals surface area (Å²) in [6.45, 7) is 2.49. The molecule has 1 aromatic rings. The van der Waals surface area contributed by atoms with Gasteiger partial charge >= 0.3 is 6.03 Å². The highest BCUT2D eigenvalue weighted by Crippen LogP contribution is 2.20. The molecule has 2 rings (SSSR count). The van der Waals surface area contributed by atoms with Crippen molar-refractivity contribution in [3.8, 4) is 0 Å². The van der Waals surface area contributed by atoms with Crippen molar-refractivity contribution >= 4 is 21.7 Å². The summed E-state index contributed by atoms with van der Waals surface area (Å²) in [5.41, 5.74) is 2.75. The van der Waals surface area contributed by atoms with Crippen molar-refractivity contribution in [2.24, 2.45) is 0 Å². The summed E-state index contributed by atoms with van der Waals surface area (Å²) >= 11 is 0. The molecule has 0 saturated carbocycles. The van der Waals surface area contributed by atoms with Crippen LogP contribution in [0.4, 0.5) is 10.5 Å². The molecule has 3 N–H and O–H groups in total. The molecule has 138 valence electrons. The molecule has 2 amide bonds. The second kappa shape index (κ2) is 8.89. The molecule has 1 aliphatic carbocycles. The number of rotatable bonds is 7. The molecule has 0 heterocycles. The number of carbonyl (C=O) groups is 1. The summed E-state index contributed by atoms with van der Waals surface area (Å²) in [6.07, 6.45) is 9.09. The monoisotopic (exact) mass is 365 g/mol. The van der Waals surface area contributed by atoms with Crippen LogP contribution in [0, 0.1) is 0 Å². The lowest BCUT2D eigenvalue weighted by atomic mass is 9.97. The smallest absolute Gasteiger partial charge is 0.315 e. The van der Waals surface area contributed by atoms with Crippen molar-refractivity contribution in [3.05, 3.63) is 41.5 Å². The summed E-state index contributed by atoms with van der Waals surface area (Å²) in [7, 11) is -3.32. The quantitative estimate of drug-likeness (QED) is 0.648. The van der Waals surface area contributed by atoms with Gasteiger partial charge in [-0.05, 0) is 56.7 Å². The Bertz CT molecular complexity index is 729. The number of carbonyl (C=O) groups excluding carboxylic acids is 1. The Hall–Kier alpha value is -2.02. The number of hydrogen-bond donors (Lipinski definition) is 3. The molecule has 0 fully saturated rings. The summed E-state index contributed by atoms with van der Waals surface area (Å²) in [5.74, 6) is 0. The van der Waals surface area contributed by atoms with Crippen LogP contribution in [0.15, 0.2) is 35.9 Å². The standard InChI is InChI=1S/C18H27N3O3S/c1-14(16-9-6-10-17(13-16)21-25(2,23)24)20-18(22)19-12-11-15-7-4-3-5-8-15/h6-7,9-10,13-14,21H,3-5,8,11-12H2,1-2H3,(H2,19,20,22). The third kappa shape index (κ3) is 7.17. The van der Waals surface area contributed by atoms with Crippen LogP contribution < -0.4 is 15.4 Å². The number of nitrogens with one attached hydrogen (secondary N) is 3. The number of urea groups is 1. The molecule has 7 heteroatoms. The molecular weight excluding hydrogens is 338 g/mol. The SMILES string of the molecule is CC(NC(=O)NCCC1=CCCCC1)c1cccc(NS(C)(=O)=O)c1. The van der Waals surface area contributed by atoms with Gasteiger partial charge in [0.15, 0.2) is 0 Å². The molecular formula is C18H27N3O3S. The van der Waals surface area contributed by atoms with Crippen LogP contribution in [0.3, 0.4) is 0 Å². The van der Waals surface area contributed by atoms with E-state index in [-0.39, 0.29) is 12.1 Å². The second-order valence-corrected chi connectivity index (χ2v) is 8.23. The van der Waals surface area contributed by atoms with E-state index < -0.39 is 10.0 Å². The van der Waals surface area contributed by atoms with Crippen LogP contribution in [0.25, 0.3) is 0 Å². The zero-order valence-electron chi connectivity index (χ0n) is 14.8. The lowest BCUT2D eigenvalue weighted by Crippen LogP contribution is -2.37. The van der Waals surface area contributed by atoms with Gasteiger partial charge in [0.2, 0.25) is 10.0 Å². The molecule has 0 aliphatic heterocycles. The van der Waals surface area contributed by atoms with Crippen molar-refractivity contribution in [1.82, 2.24) is 10.6 Å². The van der Waals surface area contributed by atoms with Crippen molar-refractivity contribution in [2.75, 3.05) is 17.5 Å². The van der Waals surface area contributed by atoms with Crippen molar-refractivity contribution in [1.29, 1.82) is 0 Å². The first-order valence-electron chi connectivity index (χ1n) is 8.63. The summed E-state index contributed by atoms with van der Waals surface area (Å²) in [5, 5.41) is 5.76. The maximum Gasteiger partial charge on any atom is 0.315 e. The fourth-order valence-corrected chi connectivity index (χ4v) is 3.44. The number of allylic oxidation sites excluding steroid dienone is 1. The molecule has 0 radical (unpaired) electrons. The topological polar surface area (TPSA) is 87.3 Å². The molecule has 25 heavy (non-hydrogen) atoms. The Balaban J connectivity index is 1.82. The van der Waals surface area contributed by atoms with Gasteiger partial charge in [-0.3, -0.25) is 4.72 Å². The van der Waals surface area contributed by atoms with Gasteiger partial charge in [-0.2, -0.15) is 0 Å². The van der Waals surface area contributed by atoms with E-state index in [1.807, 2.05) is 13.0 Å². The summed E-state index contributed by atoms with van der Waals surface area (Å²) in [6, 6.07) is 6.56. The van der Waals surface area contributed by atoms with E-state index in [9.17, 15) is 13.2 Å². The minimum Gasteiger partial charge on any atom is -0.338 e. The molecule has 1 atom stereocenters. The van der Waals surface area contributed by atoms with E-state index in [2.05, 4.69) is 21.4 Å². The lowest BCUT2D eigenvalue weighted by Gasteiger charge is -2.17. The van der Waals surface area contributed by atoms with Gasteiger partial charge in [0, 0.05) is 12.2 Å². The fourth-order valence-electron chi connectivity index (χ4n) is 2.88. The maximum absolute atomic E-state index is 12.0. The molecule has 6 nitrogen and oxygen atoms in total. The Labute approximate surface area is 150 Å². The van der Waals surface area contributed by atoms with Gasteiger partial charge in [-0.25, -0.2) is 13.2 Å². The normalized spacial score (nSPS) is 15.8. The molecule has 0 spiro atoms. The predicted octanol–water partition coefficient (Wildman–Crippen LogP) is 3.31. The largest absolute Gasteiger partial charge is 0.338 e. The number of anilines is 1. The number of hydrogen-bond acceptors (Lipinski definition) is 3. The van der Waals surface area contributed by atoms with Crippen molar-refractivity contribution < 1.29 is 13.2 Å². The van der Waals surface area contributed by atoms with Gasteiger partial charge in [0.05, 0.1) is 12.3 Å². The van der Waals surface area contributed by atoms with Crippen LogP contribution >= 0.6 is 0 Å². The van der Waals surface area contributed by atoms with E-state index in [1.165, 1.54) is 18.4 Å². The first kappa shape index (κ1) is 19.3. The highest BCUT2D eigenvalue weighted by Gasteiger charge is 2.11. The van der Waals surface area contributed by atoms with E-state index >= 15 is 0 Å². The molecule has 0 aromatic heterocycles. The van der Waals surface area contributed by atoms with Gasteiger partial charge in [0.1, 0.15) is 0 Å². The second-order valence-electron chi connectivity index (χ2n) is 6.48. The maximum atomic E-state index is 12.0. The molecule has 1 aromatic carbocycles. The van der Waals surface area contributed by atoms with Crippen molar-refractivity contribution in [2.45, 2.75) is 45.1 Å². The average Bonchev–Trinajstić information content (AvgIpc) is 2.54. The Morgan fingerprint density at radius 2 is 2.08 bits per heavy atom. The first-order chi connectivity index (χ1) is 11.8. The summed E-state index contributed by atoms with van der Waals surface area (Å²) < 4.78 is 25.1. The number of amides is 2. The van der Waals surface area contributed by atoms with Gasteiger partial charge in [0.25, 0.3) is 0 Å². The van der Waals surface area contributed by atoms with Crippen LogP contribution in [0.1, 0.15) is 50.6 Å². The molecule has 0 saturated heterocycles. The first-order valence-corrected chi connectivity index (χ1v) is 10.5. The minimum atomic E-state index is -3.32. The third-order valence-corrected chi connectivity index (χ3v) is 4.76. The van der Waals surface area contributed by atoms with Gasteiger partial charge in [-0.1, -0.05) is 23.8 Å². The predicted molar refractivity (Wildman–Crippen MR) is 101 cm³/mol. The summed E-state index contributed by atoms with van der Waals surface area (Å²) in [4.78, 5) is 12.0. The van der Waals surface area contributed by atoms with Gasteiger partial charge in [-0.15, -0.1) is 0 Å². The average molecular weight is 365 g/mol. The lowest BCUT2D eigenvalue weighted by molar-refractivity contribution is 0.238. The van der Waals surface area contributed by atoms with E-state index in [4.69, 9.17) is 0 Å². The third-order valence-electron chi connectivity index (χ3n) is 4.15. The van der Waals surface area contributed by atoms with Crippen molar-refractivity contribution in [3.63, 3.8) is 0 Å². The highest BCUT2D eigenvalue weighted by atomic mass is 32.2. The van der Waals surface area contributed by atoms with Crippen LogP contribution in [0.2, 0.25) is 0 Å². The highest BCUT2D eigenvalue weighted by molar-refractivity contribution is 7.92. The number of benzene rings is 1. The molecule has 1 aliphatic rings. The van der Waals surface area contributed by atoms with E-state index in [0.29, 0.717) is 12.2 Å².